The van der Waals surface area contributed by atoms with Crippen molar-refractivity contribution < 1.29 is 22.7 Å². The first-order valence-corrected chi connectivity index (χ1v) is 10.8. The summed E-state index contributed by atoms with van der Waals surface area (Å²) in [6.45, 7) is 2.56. The van der Waals surface area contributed by atoms with Gasteiger partial charge in [0.05, 0.1) is 7.11 Å². The van der Waals surface area contributed by atoms with Gasteiger partial charge in [-0.25, -0.2) is 13.2 Å². The van der Waals surface area contributed by atoms with Crippen molar-refractivity contribution in [2.45, 2.75) is 37.2 Å². The van der Waals surface area contributed by atoms with Crippen molar-refractivity contribution in [3.63, 3.8) is 0 Å². The number of benzene rings is 1. The third kappa shape index (κ3) is 4.20. The van der Waals surface area contributed by atoms with Crippen LogP contribution in [0, 0.1) is 6.92 Å². The van der Waals surface area contributed by atoms with Gasteiger partial charge >= 0.3 is 5.97 Å². The Morgan fingerprint density at radius 2 is 2.00 bits per heavy atom. The zero-order valence-electron chi connectivity index (χ0n) is 16.7. The Kier molecular flexibility index (Phi) is 6.09. The van der Waals surface area contributed by atoms with Gasteiger partial charge in [0.2, 0.25) is 15.9 Å². The van der Waals surface area contributed by atoms with Crippen molar-refractivity contribution in [2.24, 2.45) is 7.05 Å². The number of esters is 1. The van der Waals surface area contributed by atoms with E-state index >= 15 is 0 Å². The van der Waals surface area contributed by atoms with Gasteiger partial charge in [0.15, 0.2) is 0 Å². The van der Waals surface area contributed by atoms with Crippen LogP contribution >= 0.6 is 0 Å². The molecule has 1 aliphatic heterocycles. The van der Waals surface area contributed by atoms with Crippen LogP contribution in [0.25, 0.3) is 0 Å². The van der Waals surface area contributed by atoms with Gasteiger partial charge in [0.1, 0.15) is 16.6 Å². The number of methoxy groups -OCH3 is 1. The summed E-state index contributed by atoms with van der Waals surface area (Å²) in [6.07, 6.45) is 2.41. The molecule has 1 aromatic heterocycles. The Morgan fingerprint density at radius 1 is 1.28 bits per heavy atom. The van der Waals surface area contributed by atoms with Gasteiger partial charge in [-0.2, -0.15) is 4.31 Å². The van der Waals surface area contributed by atoms with E-state index in [1.807, 2.05) is 31.2 Å². The Morgan fingerprint density at radius 3 is 2.69 bits per heavy atom. The Balaban J connectivity index is 1.78. The molecule has 2 heterocycles. The first-order valence-electron chi connectivity index (χ1n) is 9.34. The summed E-state index contributed by atoms with van der Waals surface area (Å²) < 4.78 is 33.6. The number of hydrogen-bond acceptors (Lipinski definition) is 5. The number of carbonyl (C=O) groups excluding carboxylic acids is 2. The topological polar surface area (TPSA) is 97.7 Å². The maximum absolute atomic E-state index is 13.1. The lowest BCUT2D eigenvalue weighted by Gasteiger charge is -2.23. The second-order valence-corrected chi connectivity index (χ2v) is 8.97. The molecule has 1 aromatic carbocycles. The van der Waals surface area contributed by atoms with Crippen LogP contribution in [0.15, 0.2) is 41.4 Å². The normalized spacial score (nSPS) is 17.3. The predicted molar refractivity (Wildman–Crippen MR) is 107 cm³/mol. The number of aryl methyl sites for hydroxylation is 2. The highest BCUT2D eigenvalue weighted by Gasteiger charge is 2.40. The number of rotatable bonds is 6. The lowest BCUT2D eigenvalue weighted by Crippen LogP contribution is -2.45. The number of ether oxygens (including phenoxy) is 1. The summed E-state index contributed by atoms with van der Waals surface area (Å²) in [7, 11) is -1.12. The molecule has 1 N–H and O–H groups in total. The van der Waals surface area contributed by atoms with Crippen molar-refractivity contribution in [3.8, 4) is 0 Å². The van der Waals surface area contributed by atoms with E-state index in [-0.39, 0.29) is 23.0 Å². The summed E-state index contributed by atoms with van der Waals surface area (Å²) in [6, 6.07) is 8.22. The molecule has 1 unspecified atom stereocenters. The first kappa shape index (κ1) is 21.1. The van der Waals surface area contributed by atoms with Crippen LogP contribution < -0.4 is 5.32 Å². The van der Waals surface area contributed by atoms with Crippen LogP contribution in [0.4, 0.5) is 0 Å². The molecule has 2 aromatic rings. The molecule has 9 heteroatoms. The number of nitrogens with zero attached hydrogens (tertiary/aromatic N) is 2. The number of amides is 1. The quantitative estimate of drug-likeness (QED) is 0.717. The van der Waals surface area contributed by atoms with Crippen molar-refractivity contribution in [3.05, 3.63) is 53.3 Å². The third-order valence-electron chi connectivity index (χ3n) is 5.20. The summed E-state index contributed by atoms with van der Waals surface area (Å²) in [5.74, 6) is -0.943. The van der Waals surface area contributed by atoms with Gasteiger partial charge in [-0.1, -0.05) is 24.3 Å². The molecule has 1 fully saturated rings. The molecule has 0 saturated carbocycles. The molecule has 1 saturated heterocycles. The van der Waals surface area contributed by atoms with Crippen LogP contribution in [0.3, 0.4) is 0 Å². The SMILES string of the molecule is COC(=O)c1cc(S(=O)(=O)N2CCCC2C(=O)NCc2ccccc2C)cn1C. The van der Waals surface area contributed by atoms with Gasteiger partial charge in [-0.15, -0.1) is 0 Å². The molecule has 0 spiro atoms. The standard InChI is InChI=1S/C20H25N3O5S/c1-14-7-4-5-8-15(14)12-21-19(24)17-9-6-10-23(17)29(26,27)16-11-18(20(25)28-3)22(2)13-16/h4-5,7-8,11,13,17H,6,9-10,12H2,1-3H3,(H,21,24). The van der Waals surface area contributed by atoms with E-state index in [0.29, 0.717) is 19.4 Å². The van der Waals surface area contributed by atoms with E-state index in [2.05, 4.69) is 10.1 Å². The molecular formula is C20H25N3O5S. The first-order chi connectivity index (χ1) is 13.8. The van der Waals surface area contributed by atoms with Crippen LogP contribution in [0.1, 0.15) is 34.5 Å². The summed E-state index contributed by atoms with van der Waals surface area (Å²) in [4.78, 5) is 24.5. The van der Waals surface area contributed by atoms with Crippen LogP contribution in [0.2, 0.25) is 0 Å². The molecule has 1 aliphatic rings. The minimum Gasteiger partial charge on any atom is -0.464 e. The van der Waals surface area contributed by atoms with E-state index < -0.39 is 22.0 Å². The highest BCUT2D eigenvalue weighted by Crippen LogP contribution is 2.27. The number of hydrogen-bond donors (Lipinski definition) is 1. The number of nitrogens with one attached hydrogen (secondary N) is 1. The summed E-state index contributed by atoms with van der Waals surface area (Å²) in [5.41, 5.74) is 2.17. The smallest absolute Gasteiger partial charge is 0.354 e. The molecular weight excluding hydrogens is 394 g/mol. The molecule has 156 valence electrons. The van der Waals surface area contributed by atoms with Crippen LogP contribution in [0.5, 0.6) is 0 Å². The zero-order chi connectivity index (χ0) is 21.2. The number of aromatic nitrogens is 1. The van der Waals surface area contributed by atoms with Crippen LogP contribution in [-0.2, 0) is 33.1 Å². The molecule has 1 amide bonds. The third-order valence-corrected chi connectivity index (χ3v) is 7.08. The van der Waals surface area contributed by atoms with E-state index in [1.54, 1.807) is 7.05 Å². The summed E-state index contributed by atoms with van der Waals surface area (Å²) >= 11 is 0. The fraction of sp³-hybridized carbons (Fsp3) is 0.400. The lowest BCUT2D eigenvalue weighted by atomic mass is 10.1. The Hall–Kier alpha value is -2.65. The largest absolute Gasteiger partial charge is 0.464 e. The maximum Gasteiger partial charge on any atom is 0.354 e. The fourth-order valence-corrected chi connectivity index (χ4v) is 5.24. The van der Waals surface area contributed by atoms with E-state index in [1.165, 1.54) is 28.2 Å². The summed E-state index contributed by atoms with van der Waals surface area (Å²) in [5, 5.41) is 2.85. The number of sulfonamides is 1. The lowest BCUT2D eigenvalue weighted by molar-refractivity contribution is -0.124. The van der Waals surface area contributed by atoms with Crippen molar-refractivity contribution in [1.82, 2.24) is 14.2 Å². The minimum absolute atomic E-state index is 0.0287. The van der Waals surface area contributed by atoms with Gasteiger partial charge < -0.3 is 14.6 Å². The molecule has 0 bridgehead atoms. The fourth-order valence-electron chi connectivity index (χ4n) is 3.52. The minimum atomic E-state index is -3.92. The van der Waals surface area contributed by atoms with Crippen molar-refractivity contribution in [1.29, 1.82) is 0 Å². The Bertz CT molecular complexity index is 1030. The highest BCUT2D eigenvalue weighted by molar-refractivity contribution is 7.89. The molecule has 3 rings (SSSR count). The zero-order valence-corrected chi connectivity index (χ0v) is 17.5. The van der Waals surface area contributed by atoms with E-state index in [4.69, 9.17) is 0 Å². The van der Waals surface area contributed by atoms with Crippen molar-refractivity contribution in [2.75, 3.05) is 13.7 Å². The van der Waals surface area contributed by atoms with E-state index in [0.717, 1.165) is 11.1 Å². The van der Waals surface area contributed by atoms with Gasteiger partial charge in [-0.3, -0.25) is 4.79 Å². The second kappa shape index (κ2) is 8.38. The number of carbonyl (C=O) groups is 2. The molecule has 8 nitrogen and oxygen atoms in total. The van der Waals surface area contributed by atoms with Gasteiger partial charge in [0, 0.05) is 26.3 Å². The average Bonchev–Trinajstić information content (AvgIpc) is 3.34. The maximum atomic E-state index is 13.1. The predicted octanol–water partition coefficient (Wildman–Crippen LogP) is 1.59. The monoisotopic (exact) mass is 419 g/mol. The molecule has 1 atom stereocenters. The second-order valence-electron chi connectivity index (χ2n) is 7.08. The highest BCUT2D eigenvalue weighted by atomic mass is 32.2. The van der Waals surface area contributed by atoms with Crippen LogP contribution in [-0.4, -0.2) is 48.9 Å². The molecule has 29 heavy (non-hydrogen) atoms. The molecule has 0 aliphatic carbocycles. The van der Waals surface area contributed by atoms with Crippen molar-refractivity contribution >= 4 is 21.9 Å². The van der Waals surface area contributed by atoms with Gasteiger partial charge in [0.25, 0.3) is 0 Å². The van der Waals surface area contributed by atoms with Gasteiger partial charge in [-0.05, 0) is 37.0 Å². The van der Waals surface area contributed by atoms with E-state index in [9.17, 15) is 18.0 Å². The average molecular weight is 420 g/mol. The molecule has 0 radical (unpaired) electrons. The Labute approximate surface area is 170 Å².